The number of nitrogens with one attached hydrogen (secondary N) is 1. The highest BCUT2D eigenvalue weighted by Gasteiger charge is 2.06. The van der Waals surface area contributed by atoms with E-state index in [1.807, 2.05) is 19.1 Å². The third-order valence-electron chi connectivity index (χ3n) is 2.99. The molecule has 0 radical (unpaired) electrons. The van der Waals surface area contributed by atoms with E-state index in [9.17, 15) is 0 Å². The summed E-state index contributed by atoms with van der Waals surface area (Å²) in [7, 11) is 0. The van der Waals surface area contributed by atoms with Gasteiger partial charge in [0, 0.05) is 28.6 Å². The van der Waals surface area contributed by atoms with Gasteiger partial charge in [0.05, 0.1) is 0 Å². The summed E-state index contributed by atoms with van der Waals surface area (Å²) in [6, 6.07) is 10.8. The van der Waals surface area contributed by atoms with Gasteiger partial charge >= 0.3 is 0 Å². The standard InChI is InChI=1S/C15H18N2S2/c1-10-8-12(5-6-14(10)15(16)18)17-11(2)9-13-4-3-7-19-13/h3-8,11,17H,9H2,1-2H3,(H2,16,18). The normalized spacial score (nSPS) is 12.1. The number of hydrogen-bond acceptors (Lipinski definition) is 3. The van der Waals surface area contributed by atoms with Crippen LogP contribution in [0.4, 0.5) is 5.69 Å². The van der Waals surface area contributed by atoms with E-state index in [0.29, 0.717) is 11.0 Å². The van der Waals surface area contributed by atoms with Crippen molar-refractivity contribution in [3.05, 3.63) is 51.7 Å². The van der Waals surface area contributed by atoms with Gasteiger partial charge < -0.3 is 11.1 Å². The maximum atomic E-state index is 5.67. The zero-order valence-electron chi connectivity index (χ0n) is 11.1. The van der Waals surface area contributed by atoms with Gasteiger partial charge in [0.15, 0.2) is 0 Å². The fourth-order valence-corrected chi connectivity index (χ4v) is 3.16. The first-order valence-corrected chi connectivity index (χ1v) is 7.54. The maximum Gasteiger partial charge on any atom is 0.104 e. The second-order valence-corrected chi connectivity index (χ2v) is 6.19. The zero-order valence-corrected chi connectivity index (χ0v) is 12.8. The number of anilines is 1. The lowest BCUT2D eigenvalue weighted by atomic mass is 10.1. The van der Waals surface area contributed by atoms with Gasteiger partial charge in [-0.2, -0.15) is 0 Å². The van der Waals surface area contributed by atoms with E-state index in [0.717, 1.165) is 23.2 Å². The Hall–Kier alpha value is -1.39. The van der Waals surface area contributed by atoms with Gasteiger partial charge in [-0.1, -0.05) is 18.3 Å². The summed E-state index contributed by atoms with van der Waals surface area (Å²) in [5.74, 6) is 0. The molecule has 0 amide bonds. The molecule has 4 heteroatoms. The highest BCUT2D eigenvalue weighted by molar-refractivity contribution is 7.80. The molecule has 0 spiro atoms. The lowest BCUT2D eigenvalue weighted by Crippen LogP contribution is -2.18. The van der Waals surface area contributed by atoms with Crippen molar-refractivity contribution in [1.82, 2.24) is 0 Å². The van der Waals surface area contributed by atoms with Crippen molar-refractivity contribution in [1.29, 1.82) is 0 Å². The first-order valence-electron chi connectivity index (χ1n) is 6.25. The van der Waals surface area contributed by atoms with Crippen molar-refractivity contribution in [3.63, 3.8) is 0 Å². The number of aryl methyl sites for hydroxylation is 1. The summed E-state index contributed by atoms with van der Waals surface area (Å²) in [6.07, 6.45) is 1.04. The lowest BCUT2D eigenvalue weighted by Gasteiger charge is -2.16. The van der Waals surface area contributed by atoms with Crippen LogP contribution in [0, 0.1) is 6.92 Å². The monoisotopic (exact) mass is 290 g/mol. The third-order valence-corrected chi connectivity index (χ3v) is 4.11. The molecule has 0 aliphatic heterocycles. The van der Waals surface area contributed by atoms with Crippen molar-refractivity contribution < 1.29 is 0 Å². The average Bonchev–Trinajstić information content (AvgIpc) is 2.81. The van der Waals surface area contributed by atoms with E-state index in [4.69, 9.17) is 18.0 Å². The van der Waals surface area contributed by atoms with Crippen LogP contribution in [0.1, 0.15) is 22.9 Å². The molecular formula is C15H18N2S2. The predicted molar refractivity (Wildman–Crippen MR) is 88.2 cm³/mol. The summed E-state index contributed by atoms with van der Waals surface area (Å²) < 4.78 is 0. The summed E-state index contributed by atoms with van der Waals surface area (Å²) in [6.45, 7) is 4.22. The van der Waals surface area contributed by atoms with Crippen molar-refractivity contribution in [3.8, 4) is 0 Å². The Labute approximate surface area is 123 Å². The first kappa shape index (κ1) is 14.0. The Morgan fingerprint density at radius 3 is 2.79 bits per heavy atom. The molecule has 3 N–H and O–H groups in total. The molecule has 0 bridgehead atoms. The second-order valence-electron chi connectivity index (χ2n) is 4.72. The molecule has 2 nitrogen and oxygen atoms in total. The summed E-state index contributed by atoms with van der Waals surface area (Å²) in [4.78, 5) is 1.85. The molecule has 1 atom stereocenters. The molecular weight excluding hydrogens is 272 g/mol. The van der Waals surface area contributed by atoms with Crippen LogP contribution in [0.5, 0.6) is 0 Å². The van der Waals surface area contributed by atoms with E-state index >= 15 is 0 Å². The Balaban J connectivity index is 2.03. The number of benzene rings is 1. The highest BCUT2D eigenvalue weighted by Crippen LogP contribution is 2.18. The predicted octanol–water partition coefficient (Wildman–Crippen LogP) is 3.73. The van der Waals surface area contributed by atoms with Gasteiger partial charge in [0.1, 0.15) is 4.99 Å². The average molecular weight is 290 g/mol. The van der Waals surface area contributed by atoms with Gasteiger partial charge in [0.25, 0.3) is 0 Å². The van der Waals surface area contributed by atoms with Crippen LogP contribution in [0.15, 0.2) is 35.7 Å². The number of thiocarbonyl (C=S) groups is 1. The Kier molecular flexibility index (Phi) is 4.56. The minimum Gasteiger partial charge on any atom is -0.389 e. The smallest absolute Gasteiger partial charge is 0.104 e. The van der Waals surface area contributed by atoms with E-state index in [1.54, 1.807) is 11.3 Å². The van der Waals surface area contributed by atoms with Crippen LogP contribution in [0.2, 0.25) is 0 Å². The van der Waals surface area contributed by atoms with Crippen molar-refractivity contribution in [2.24, 2.45) is 5.73 Å². The largest absolute Gasteiger partial charge is 0.389 e. The van der Waals surface area contributed by atoms with Crippen molar-refractivity contribution in [2.45, 2.75) is 26.3 Å². The fraction of sp³-hybridized carbons (Fsp3) is 0.267. The van der Waals surface area contributed by atoms with Gasteiger partial charge in [-0.25, -0.2) is 0 Å². The summed E-state index contributed by atoms with van der Waals surface area (Å²) in [5, 5.41) is 5.62. The molecule has 1 aromatic heterocycles. The third kappa shape index (κ3) is 3.78. The van der Waals surface area contributed by atoms with Crippen LogP contribution in [-0.4, -0.2) is 11.0 Å². The lowest BCUT2D eigenvalue weighted by molar-refractivity contribution is 0.800. The molecule has 0 aliphatic rings. The fourth-order valence-electron chi connectivity index (χ4n) is 2.10. The molecule has 0 saturated carbocycles. The molecule has 1 heterocycles. The Morgan fingerprint density at radius 2 is 2.21 bits per heavy atom. The first-order chi connectivity index (χ1) is 9.06. The minimum atomic E-state index is 0.397. The Morgan fingerprint density at radius 1 is 1.42 bits per heavy atom. The quantitative estimate of drug-likeness (QED) is 0.824. The molecule has 2 rings (SSSR count). The molecule has 19 heavy (non-hydrogen) atoms. The molecule has 1 aromatic carbocycles. The minimum absolute atomic E-state index is 0.397. The SMILES string of the molecule is Cc1cc(NC(C)Cc2cccs2)ccc1C(N)=S. The number of nitrogens with two attached hydrogens (primary N) is 1. The van der Waals surface area contributed by atoms with Crippen LogP contribution in [0.25, 0.3) is 0 Å². The molecule has 0 aliphatic carbocycles. The molecule has 100 valence electrons. The molecule has 0 saturated heterocycles. The highest BCUT2D eigenvalue weighted by atomic mass is 32.1. The topological polar surface area (TPSA) is 38.0 Å². The second kappa shape index (κ2) is 6.17. The molecule has 2 aromatic rings. The van der Waals surface area contributed by atoms with E-state index in [-0.39, 0.29) is 0 Å². The van der Waals surface area contributed by atoms with Gasteiger partial charge in [0.2, 0.25) is 0 Å². The molecule has 0 fully saturated rings. The van der Waals surface area contributed by atoms with Crippen LogP contribution in [0.3, 0.4) is 0 Å². The van der Waals surface area contributed by atoms with Crippen LogP contribution >= 0.6 is 23.6 Å². The van der Waals surface area contributed by atoms with E-state index in [1.165, 1.54) is 4.88 Å². The number of thiophene rings is 1. The van der Waals surface area contributed by atoms with Gasteiger partial charge in [-0.15, -0.1) is 11.3 Å². The summed E-state index contributed by atoms with van der Waals surface area (Å²) in [5.41, 5.74) is 8.84. The van der Waals surface area contributed by atoms with E-state index < -0.39 is 0 Å². The van der Waals surface area contributed by atoms with Gasteiger partial charge in [-0.3, -0.25) is 0 Å². The zero-order chi connectivity index (χ0) is 13.8. The van der Waals surface area contributed by atoms with Crippen molar-refractivity contribution >= 4 is 34.2 Å². The summed E-state index contributed by atoms with van der Waals surface area (Å²) >= 11 is 6.81. The number of hydrogen-bond donors (Lipinski definition) is 2. The van der Waals surface area contributed by atoms with E-state index in [2.05, 4.69) is 35.8 Å². The number of rotatable bonds is 5. The van der Waals surface area contributed by atoms with Crippen molar-refractivity contribution in [2.75, 3.05) is 5.32 Å². The Bertz CT molecular complexity index is 562. The van der Waals surface area contributed by atoms with Crippen LogP contribution < -0.4 is 11.1 Å². The molecule has 1 unspecified atom stereocenters. The maximum absolute atomic E-state index is 5.67. The van der Waals surface area contributed by atoms with Gasteiger partial charge in [-0.05, 0) is 49.1 Å². The van der Waals surface area contributed by atoms with Crippen LogP contribution in [-0.2, 0) is 6.42 Å².